The first kappa shape index (κ1) is 17.2. The Morgan fingerprint density at radius 2 is 1.69 bits per heavy atom. The molecule has 5 fully saturated rings. The van der Waals surface area contributed by atoms with E-state index in [2.05, 4.69) is 19.9 Å². The fraction of sp³-hybridized carbons (Fsp3) is 0.909. The molecule has 0 aromatic carbocycles. The molecule has 4 heteroatoms. The van der Waals surface area contributed by atoms with Crippen LogP contribution in [0.1, 0.15) is 72.6 Å². The molecule has 1 aliphatic heterocycles. The van der Waals surface area contributed by atoms with Gasteiger partial charge in [0.25, 0.3) is 0 Å². The summed E-state index contributed by atoms with van der Waals surface area (Å²) in [4.78, 5) is 12.8. The van der Waals surface area contributed by atoms with E-state index in [1.807, 2.05) is 13.8 Å². The lowest BCUT2D eigenvalue weighted by molar-refractivity contribution is -0.153. The van der Waals surface area contributed by atoms with Crippen LogP contribution >= 0.6 is 0 Å². The minimum Gasteiger partial charge on any atom is -0.390 e. The maximum absolute atomic E-state index is 12.8. The molecule has 4 saturated carbocycles. The van der Waals surface area contributed by atoms with Gasteiger partial charge in [-0.25, -0.2) is 0 Å². The first-order valence-corrected chi connectivity index (χ1v) is 10.4. The average molecular weight is 357 g/mol. The summed E-state index contributed by atoms with van der Waals surface area (Å²) in [5.41, 5.74) is -1.76. The molecule has 0 aromatic rings. The van der Waals surface area contributed by atoms with E-state index in [9.17, 15) is 15.2 Å². The highest BCUT2D eigenvalue weighted by Crippen LogP contribution is 2.76. The van der Waals surface area contributed by atoms with Crippen molar-refractivity contribution < 1.29 is 14.6 Å². The molecule has 1 saturated heterocycles. The Labute approximate surface area is 156 Å². The lowest BCUT2D eigenvalue weighted by Gasteiger charge is -2.60. The van der Waals surface area contributed by atoms with Crippen LogP contribution in [0.4, 0.5) is 0 Å². The van der Waals surface area contributed by atoms with Crippen molar-refractivity contribution in [3.05, 3.63) is 0 Å². The second kappa shape index (κ2) is 4.55. The van der Waals surface area contributed by atoms with Gasteiger partial charge < -0.3 is 9.84 Å². The Kier molecular flexibility index (Phi) is 3.01. The smallest absolute Gasteiger partial charge is 0.184 e. The molecule has 4 aliphatic carbocycles. The number of hydrogen-bond acceptors (Lipinski definition) is 4. The summed E-state index contributed by atoms with van der Waals surface area (Å²) in [6, 6.07) is 2.28. The van der Waals surface area contributed by atoms with Gasteiger partial charge in [-0.3, -0.25) is 4.79 Å². The van der Waals surface area contributed by atoms with Crippen LogP contribution < -0.4 is 0 Å². The van der Waals surface area contributed by atoms with Gasteiger partial charge in [-0.15, -0.1) is 0 Å². The lowest BCUT2D eigenvalue weighted by Crippen LogP contribution is -2.62. The highest BCUT2D eigenvalue weighted by molar-refractivity contribution is 5.96. The van der Waals surface area contributed by atoms with Crippen molar-refractivity contribution in [3.63, 3.8) is 0 Å². The molecule has 1 unspecified atom stereocenters. The number of ketones is 1. The molecule has 0 aromatic heterocycles. The van der Waals surface area contributed by atoms with Crippen LogP contribution in [0.2, 0.25) is 0 Å². The Morgan fingerprint density at radius 1 is 1.04 bits per heavy atom. The zero-order valence-corrected chi connectivity index (χ0v) is 16.5. The number of aliphatic hydroxyl groups is 1. The fourth-order valence-electron chi connectivity index (χ4n) is 8.47. The molecule has 142 valence electrons. The Balaban J connectivity index is 1.55. The highest BCUT2D eigenvalue weighted by atomic mass is 16.6. The van der Waals surface area contributed by atoms with Crippen LogP contribution in [0.5, 0.6) is 0 Å². The van der Waals surface area contributed by atoms with Crippen molar-refractivity contribution in [2.24, 2.45) is 34.5 Å². The van der Waals surface area contributed by atoms with E-state index >= 15 is 0 Å². The summed E-state index contributed by atoms with van der Waals surface area (Å²) in [6.07, 6.45) is 6.80. The van der Waals surface area contributed by atoms with E-state index in [-0.39, 0.29) is 22.2 Å². The highest BCUT2D eigenvalue weighted by Gasteiger charge is 2.84. The SMILES string of the molecule is C[C@]1(O)CC[C@H]2[C@@H]3CCC45O[C@]4(C)C(=O)[C@H](C#N)C[C@]5(C)[C@H]3CC[C@@]21C. The Bertz CT molecular complexity index is 740. The third kappa shape index (κ3) is 1.55. The van der Waals surface area contributed by atoms with Crippen molar-refractivity contribution in [3.8, 4) is 6.07 Å². The monoisotopic (exact) mass is 357 g/mol. The molecule has 5 rings (SSSR count). The number of Topliss-reactive ketones (excluding diaryl/α,β-unsaturated/α-hetero) is 1. The second-order valence-corrected chi connectivity index (χ2v) is 10.8. The van der Waals surface area contributed by atoms with Crippen molar-refractivity contribution in [2.45, 2.75) is 89.4 Å². The predicted molar refractivity (Wildman–Crippen MR) is 96.0 cm³/mol. The minimum atomic E-state index is -0.743. The lowest BCUT2D eigenvalue weighted by atomic mass is 9.42. The summed E-state index contributed by atoms with van der Waals surface area (Å²) in [5, 5.41) is 20.6. The van der Waals surface area contributed by atoms with Crippen LogP contribution in [0, 0.1) is 45.8 Å². The average Bonchev–Trinajstić information content (AvgIpc) is 3.14. The van der Waals surface area contributed by atoms with Gasteiger partial charge in [0.05, 0.1) is 11.7 Å². The van der Waals surface area contributed by atoms with Gasteiger partial charge in [0.1, 0.15) is 11.5 Å². The van der Waals surface area contributed by atoms with E-state index < -0.39 is 17.1 Å². The molecule has 0 bridgehead atoms. The number of hydrogen-bond donors (Lipinski definition) is 1. The number of rotatable bonds is 0. The molecule has 26 heavy (non-hydrogen) atoms. The van der Waals surface area contributed by atoms with Crippen LogP contribution in [-0.2, 0) is 9.53 Å². The van der Waals surface area contributed by atoms with Crippen LogP contribution in [0.3, 0.4) is 0 Å². The van der Waals surface area contributed by atoms with Gasteiger partial charge in [0, 0.05) is 5.41 Å². The summed E-state index contributed by atoms with van der Waals surface area (Å²) in [6.45, 7) is 8.57. The van der Waals surface area contributed by atoms with Gasteiger partial charge in [0.2, 0.25) is 0 Å². The number of nitrogens with zero attached hydrogens (tertiary/aromatic N) is 1. The summed E-state index contributed by atoms with van der Waals surface area (Å²) < 4.78 is 6.28. The number of fused-ring (bicyclic) bond motifs is 4. The second-order valence-electron chi connectivity index (χ2n) is 10.8. The van der Waals surface area contributed by atoms with Gasteiger partial charge in [-0.1, -0.05) is 13.8 Å². The largest absolute Gasteiger partial charge is 0.390 e. The molecule has 0 radical (unpaired) electrons. The van der Waals surface area contributed by atoms with Crippen LogP contribution in [0.15, 0.2) is 0 Å². The maximum Gasteiger partial charge on any atom is 0.184 e. The van der Waals surface area contributed by atoms with Crippen molar-refractivity contribution >= 4 is 5.78 Å². The zero-order valence-electron chi connectivity index (χ0n) is 16.5. The van der Waals surface area contributed by atoms with Crippen LogP contribution in [-0.4, -0.2) is 27.7 Å². The first-order chi connectivity index (χ1) is 12.1. The number of epoxide rings is 1. The standard InChI is InChI=1S/C22H31NO3/c1-18-8-6-16-14(15(18)7-9-20(18,3)25)5-10-22-19(16,2)11-13(12-23)17(24)21(22,4)26-22/h13-16,25H,5-11H2,1-4H3/t13-,14-,15-,16-,18-,19+,20-,21+,22?/m0/s1. The number of ether oxygens (including phenoxy) is 1. The number of carbonyl (C=O) groups excluding carboxylic acids is 1. The van der Waals surface area contributed by atoms with Gasteiger partial charge in [-0.2, -0.15) is 5.26 Å². The quantitative estimate of drug-likeness (QED) is 0.672. The zero-order chi connectivity index (χ0) is 18.8. The predicted octanol–water partition coefficient (Wildman–Crippen LogP) is 3.62. The molecular weight excluding hydrogens is 326 g/mol. The molecular formula is C22H31NO3. The molecule has 1 N–H and O–H groups in total. The molecule has 4 nitrogen and oxygen atoms in total. The molecule has 1 heterocycles. The number of nitriles is 1. The van der Waals surface area contributed by atoms with Crippen molar-refractivity contribution in [1.29, 1.82) is 5.26 Å². The van der Waals surface area contributed by atoms with E-state index in [0.29, 0.717) is 24.2 Å². The maximum atomic E-state index is 12.8. The third-order valence-corrected chi connectivity index (χ3v) is 10.2. The van der Waals surface area contributed by atoms with E-state index in [0.717, 1.165) is 38.5 Å². The van der Waals surface area contributed by atoms with E-state index in [1.54, 1.807) is 0 Å². The summed E-state index contributed by atoms with van der Waals surface area (Å²) in [7, 11) is 0. The van der Waals surface area contributed by atoms with E-state index in [4.69, 9.17) is 4.74 Å². The normalized spacial score (nSPS) is 63.2. The summed E-state index contributed by atoms with van der Waals surface area (Å²) >= 11 is 0. The van der Waals surface area contributed by atoms with E-state index in [1.165, 1.54) is 0 Å². The fourth-order valence-corrected chi connectivity index (χ4v) is 8.47. The van der Waals surface area contributed by atoms with Crippen molar-refractivity contribution in [1.82, 2.24) is 0 Å². The van der Waals surface area contributed by atoms with Gasteiger partial charge in [-0.05, 0) is 82.0 Å². The Hall–Kier alpha value is -0.920. The molecule has 5 aliphatic rings. The molecule has 9 atom stereocenters. The van der Waals surface area contributed by atoms with Gasteiger partial charge in [0.15, 0.2) is 11.4 Å². The topological polar surface area (TPSA) is 73.6 Å². The first-order valence-electron chi connectivity index (χ1n) is 10.4. The number of carbonyl (C=O) groups is 1. The van der Waals surface area contributed by atoms with Crippen molar-refractivity contribution in [2.75, 3.05) is 0 Å². The molecule has 1 spiro atoms. The summed E-state index contributed by atoms with van der Waals surface area (Å²) in [5.74, 6) is 1.11. The minimum absolute atomic E-state index is 0.00184. The molecule has 0 amide bonds. The van der Waals surface area contributed by atoms with Crippen LogP contribution in [0.25, 0.3) is 0 Å². The Morgan fingerprint density at radius 3 is 2.38 bits per heavy atom. The van der Waals surface area contributed by atoms with Gasteiger partial charge >= 0.3 is 0 Å². The third-order valence-electron chi connectivity index (χ3n) is 10.2.